The van der Waals surface area contributed by atoms with E-state index in [1.165, 1.54) is 0 Å². The maximum Gasteiger partial charge on any atom is 0.338 e. The number of aliphatic hydroxyl groups is 1. The summed E-state index contributed by atoms with van der Waals surface area (Å²) in [6.07, 6.45) is 0. The van der Waals surface area contributed by atoms with Gasteiger partial charge in [-0.25, -0.2) is 4.79 Å². The lowest BCUT2D eigenvalue weighted by atomic mass is 10.1. The van der Waals surface area contributed by atoms with Crippen molar-refractivity contribution >= 4 is 17.3 Å². The molecular weight excluding hydrogens is 244 g/mol. The predicted octanol–water partition coefficient (Wildman–Crippen LogP) is 1.65. The number of anilines is 2. The monoisotopic (exact) mass is 266 g/mol. The number of nitrogens with zero attached hydrogens (tertiary/aromatic N) is 1. The number of rotatable bonds is 5. The zero-order valence-electron chi connectivity index (χ0n) is 11.9. The number of hydrogen-bond acceptors (Lipinski definition) is 5. The second-order valence-corrected chi connectivity index (χ2v) is 5.16. The van der Waals surface area contributed by atoms with E-state index in [1.54, 1.807) is 39.0 Å². The van der Waals surface area contributed by atoms with Gasteiger partial charge in [0.05, 0.1) is 29.1 Å². The average molecular weight is 266 g/mol. The Morgan fingerprint density at radius 3 is 2.63 bits per heavy atom. The van der Waals surface area contributed by atoms with Crippen molar-refractivity contribution in [2.45, 2.75) is 26.4 Å². The van der Waals surface area contributed by atoms with Crippen molar-refractivity contribution < 1.29 is 14.6 Å². The molecule has 106 valence electrons. The highest BCUT2D eigenvalue weighted by atomic mass is 16.5. The molecule has 1 aromatic rings. The molecule has 0 saturated carbocycles. The fraction of sp³-hybridized carbons (Fsp3) is 0.500. The molecule has 0 aliphatic rings. The Morgan fingerprint density at radius 1 is 1.47 bits per heavy atom. The first-order valence-electron chi connectivity index (χ1n) is 6.24. The third-order valence-corrected chi connectivity index (χ3v) is 2.58. The molecule has 19 heavy (non-hydrogen) atoms. The summed E-state index contributed by atoms with van der Waals surface area (Å²) in [5, 5.41) is 9.83. The van der Waals surface area contributed by atoms with Gasteiger partial charge in [0.1, 0.15) is 0 Å². The molecule has 5 heteroatoms. The standard InChI is InChI=1S/C14H22N2O3/c1-5-19-13(17)10-6-7-11(15)12(8-10)16(4)9-14(2,3)18/h6-8,18H,5,9,15H2,1-4H3. The van der Waals surface area contributed by atoms with Crippen LogP contribution in [0.2, 0.25) is 0 Å². The van der Waals surface area contributed by atoms with Gasteiger partial charge in [-0.3, -0.25) is 0 Å². The van der Waals surface area contributed by atoms with Gasteiger partial charge in [0, 0.05) is 13.6 Å². The number of carbonyl (C=O) groups excluding carboxylic acids is 1. The SMILES string of the molecule is CCOC(=O)c1ccc(N)c(N(C)CC(C)(C)O)c1. The summed E-state index contributed by atoms with van der Waals surface area (Å²) < 4.78 is 4.96. The molecule has 0 aromatic heterocycles. The van der Waals surface area contributed by atoms with Crippen LogP contribution in [0.1, 0.15) is 31.1 Å². The van der Waals surface area contributed by atoms with Crippen molar-refractivity contribution in [3.63, 3.8) is 0 Å². The van der Waals surface area contributed by atoms with E-state index < -0.39 is 5.60 Å². The summed E-state index contributed by atoms with van der Waals surface area (Å²) >= 11 is 0. The fourth-order valence-electron chi connectivity index (χ4n) is 1.88. The first-order valence-corrected chi connectivity index (χ1v) is 6.24. The van der Waals surface area contributed by atoms with Crippen LogP contribution in [0.4, 0.5) is 11.4 Å². The van der Waals surface area contributed by atoms with Gasteiger partial charge in [0.2, 0.25) is 0 Å². The van der Waals surface area contributed by atoms with E-state index >= 15 is 0 Å². The minimum Gasteiger partial charge on any atom is -0.462 e. The summed E-state index contributed by atoms with van der Waals surface area (Å²) in [5.41, 5.74) is 6.77. The van der Waals surface area contributed by atoms with E-state index in [2.05, 4.69) is 0 Å². The van der Waals surface area contributed by atoms with Gasteiger partial charge >= 0.3 is 5.97 Å². The van der Waals surface area contributed by atoms with Crippen LogP contribution >= 0.6 is 0 Å². The van der Waals surface area contributed by atoms with Gasteiger partial charge in [-0.05, 0) is 39.0 Å². The molecule has 0 bridgehead atoms. The number of ether oxygens (including phenoxy) is 1. The van der Waals surface area contributed by atoms with Crippen LogP contribution < -0.4 is 10.6 Å². The molecule has 0 radical (unpaired) electrons. The van der Waals surface area contributed by atoms with E-state index in [9.17, 15) is 9.90 Å². The van der Waals surface area contributed by atoms with Crippen molar-refractivity contribution in [2.24, 2.45) is 0 Å². The Balaban J connectivity index is 3.00. The molecule has 1 aromatic carbocycles. The molecule has 0 heterocycles. The molecule has 0 spiro atoms. The van der Waals surface area contributed by atoms with Crippen LogP contribution in [0.15, 0.2) is 18.2 Å². The summed E-state index contributed by atoms with van der Waals surface area (Å²) in [6.45, 7) is 5.93. The van der Waals surface area contributed by atoms with Gasteiger partial charge in [0.15, 0.2) is 0 Å². The van der Waals surface area contributed by atoms with Crippen LogP contribution in [0, 0.1) is 0 Å². The van der Waals surface area contributed by atoms with Gasteiger partial charge in [0.25, 0.3) is 0 Å². The molecule has 0 aliphatic heterocycles. The molecule has 5 nitrogen and oxygen atoms in total. The topological polar surface area (TPSA) is 75.8 Å². The van der Waals surface area contributed by atoms with Crippen molar-refractivity contribution in [1.82, 2.24) is 0 Å². The Bertz CT molecular complexity index is 452. The van der Waals surface area contributed by atoms with E-state index in [4.69, 9.17) is 10.5 Å². The zero-order chi connectivity index (χ0) is 14.6. The normalized spacial score (nSPS) is 11.2. The number of nitrogens with two attached hydrogens (primary N) is 1. The molecule has 0 fully saturated rings. The molecule has 0 aliphatic carbocycles. The molecule has 0 saturated heterocycles. The smallest absolute Gasteiger partial charge is 0.338 e. The number of carbonyl (C=O) groups is 1. The lowest BCUT2D eigenvalue weighted by molar-refractivity contribution is 0.0526. The van der Waals surface area contributed by atoms with Crippen LogP contribution in [0.25, 0.3) is 0 Å². The van der Waals surface area contributed by atoms with E-state index in [1.807, 2.05) is 11.9 Å². The van der Waals surface area contributed by atoms with Crippen molar-refractivity contribution in [3.05, 3.63) is 23.8 Å². The molecule has 0 amide bonds. The highest BCUT2D eigenvalue weighted by Gasteiger charge is 2.18. The molecule has 1 rings (SSSR count). The van der Waals surface area contributed by atoms with Gasteiger partial charge in [-0.15, -0.1) is 0 Å². The summed E-state index contributed by atoms with van der Waals surface area (Å²) in [6, 6.07) is 4.98. The number of benzene rings is 1. The highest BCUT2D eigenvalue weighted by molar-refractivity contribution is 5.92. The van der Waals surface area contributed by atoms with Gasteiger partial charge < -0.3 is 20.5 Å². The maximum absolute atomic E-state index is 11.7. The second kappa shape index (κ2) is 5.93. The van der Waals surface area contributed by atoms with E-state index in [0.29, 0.717) is 30.1 Å². The largest absolute Gasteiger partial charge is 0.462 e. The number of hydrogen-bond donors (Lipinski definition) is 2. The summed E-state index contributed by atoms with van der Waals surface area (Å²) in [7, 11) is 1.82. The lowest BCUT2D eigenvalue weighted by Crippen LogP contribution is -2.36. The maximum atomic E-state index is 11.7. The number of likely N-dealkylation sites (N-methyl/N-ethyl adjacent to an activating group) is 1. The average Bonchev–Trinajstić information content (AvgIpc) is 2.27. The van der Waals surface area contributed by atoms with Crippen molar-refractivity contribution in [1.29, 1.82) is 0 Å². The Kier molecular flexibility index (Phi) is 4.78. The van der Waals surface area contributed by atoms with Crippen LogP contribution in [0.5, 0.6) is 0 Å². The quantitative estimate of drug-likeness (QED) is 0.626. The summed E-state index contributed by atoms with van der Waals surface area (Å²) in [5.74, 6) is -0.375. The van der Waals surface area contributed by atoms with Crippen molar-refractivity contribution in [3.8, 4) is 0 Å². The fourth-order valence-corrected chi connectivity index (χ4v) is 1.88. The Labute approximate surface area is 114 Å². The van der Waals surface area contributed by atoms with E-state index in [0.717, 1.165) is 0 Å². The molecule has 0 unspecified atom stereocenters. The molecule has 3 N–H and O–H groups in total. The van der Waals surface area contributed by atoms with Gasteiger partial charge in [-0.1, -0.05) is 0 Å². The zero-order valence-corrected chi connectivity index (χ0v) is 11.9. The number of nitrogen functional groups attached to an aromatic ring is 1. The molecule has 0 atom stereocenters. The van der Waals surface area contributed by atoms with Gasteiger partial charge in [-0.2, -0.15) is 0 Å². The van der Waals surface area contributed by atoms with Crippen LogP contribution in [0.3, 0.4) is 0 Å². The third kappa shape index (κ3) is 4.44. The Morgan fingerprint density at radius 2 is 2.11 bits per heavy atom. The van der Waals surface area contributed by atoms with Crippen LogP contribution in [-0.2, 0) is 4.74 Å². The first-order chi connectivity index (χ1) is 8.74. The Hall–Kier alpha value is -1.75. The van der Waals surface area contributed by atoms with Crippen LogP contribution in [-0.4, -0.2) is 36.9 Å². The first kappa shape index (κ1) is 15.3. The lowest BCUT2D eigenvalue weighted by Gasteiger charge is -2.28. The minimum absolute atomic E-state index is 0.331. The minimum atomic E-state index is -0.846. The highest BCUT2D eigenvalue weighted by Crippen LogP contribution is 2.25. The van der Waals surface area contributed by atoms with Crippen molar-refractivity contribution in [2.75, 3.05) is 30.8 Å². The molecular formula is C14H22N2O3. The second-order valence-electron chi connectivity index (χ2n) is 5.16. The van der Waals surface area contributed by atoms with E-state index in [-0.39, 0.29) is 5.97 Å². The summed E-state index contributed by atoms with van der Waals surface area (Å²) in [4.78, 5) is 13.5. The predicted molar refractivity (Wildman–Crippen MR) is 76.4 cm³/mol. The number of esters is 1. The third-order valence-electron chi connectivity index (χ3n) is 2.58.